The Kier molecular flexibility index (Phi) is 3.75. The number of rotatable bonds is 4. The number of hydrogen-bond acceptors (Lipinski definition) is 5. The molecular formula is C12H16N6S. The van der Waals surface area contributed by atoms with E-state index in [0.29, 0.717) is 22.9 Å². The predicted octanol–water partition coefficient (Wildman–Crippen LogP) is 1.07. The molecule has 0 saturated carbocycles. The van der Waals surface area contributed by atoms with E-state index in [2.05, 4.69) is 20.6 Å². The van der Waals surface area contributed by atoms with Crippen molar-refractivity contribution in [1.82, 2.24) is 20.0 Å². The van der Waals surface area contributed by atoms with E-state index in [4.69, 9.17) is 18.0 Å². The lowest BCUT2D eigenvalue weighted by atomic mass is 10.2. The minimum atomic E-state index is 0.303. The fraction of sp³-hybridized carbons (Fsp3) is 0.333. The standard InChI is InChI=1S/C12H16N6S/c1-7-10(8(2)18(3)17-7)6-14-12-9(11(13)19)4-5-15-16-12/h4-5H,6H2,1-3H3,(H2,13,19)(H,14,16). The highest BCUT2D eigenvalue weighted by Crippen LogP contribution is 2.16. The molecule has 2 aromatic heterocycles. The van der Waals surface area contributed by atoms with Gasteiger partial charge in [0, 0.05) is 24.8 Å². The predicted molar refractivity (Wildman–Crippen MR) is 77.9 cm³/mol. The van der Waals surface area contributed by atoms with Gasteiger partial charge in [0.2, 0.25) is 0 Å². The van der Waals surface area contributed by atoms with Crippen LogP contribution in [-0.4, -0.2) is 25.0 Å². The molecular weight excluding hydrogens is 260 g/mol. The molecule has 7 heteroatoms. The fourth-order valence-electron chi connectivity index (χ4n) is 1.91. The maximum absolute atomic E-state index is 5.65. The molecule has 0 saturated heterocycles. The van der Waals surface area contributed by atoms with Crippen LogP contribution in [0.25, 0.3) is 0 Å². The Morgan fingerprint density at radius 1 is 1.47 bits per heavy atom. The highest BCUT2D eigenvalue weighted by molar-refractivity contribution is 7.80. The minimum absolute atomic E-state index is 0.303. The molecule has 0 aromatic carbocycles. The average molecular weight is 276 g/mol. The molecule has 0 aliphatic heterocycles. The van der Waals surface area contributed by atoms with Crippen molar-refractivity contribution in [3.8, 4) is 0 Å². The van der Waals surface area contributed by atoms with Crippen molar-refractivity contribution in [3.63, 3.8) is 0 Å². The van der Waals surface area contributed by atoms with Crippen LogP contribution in [0.1, 0.15) is 22.5 Å². The van der Waals surface area contributed by atoms with Crippen LogP contribution in [0.3, 0.4) is 0 Å². The molecule has 3 N–H and O–H groups in total. The summed E-state index contributed by atoms with van der Waals surface area (Å²) >= 11 is 4.99. The van der Waals surface area contributed by atoms with Crippen LogP contribution in [0.15, 0.2) is 12.3 Å². The number of thiocarbonyl (C=S) groups is 1. The first-order valence-corrected chi connectivity index (χ1v) is 6.26. The third kappa shape index (κ3) is 2.70. The van der Waals surface area contributed by atoms with Crippen LogP contribution >= 0.6 is 12.2 Å². The monoisotopic (exact) mass is 276 g/mol. The average Bonchev–Trinajstić information content (AvgIpc) is 2.61. The van der Waals surface area contributed by atoms with Crippen molar-refractivity contribution in [3.05, 3.63) is 34.8 Å². The normalized spacial score (nSPS) is 10.5. The zero-order valence-corrected chi connectivity index (χ0v) is 12.0. The maximum Gasteiger partial charge on any atom is 0.159 e. The summed E-state index contributed by atoms with van der Waals surface area (Å²) < 4.78 is 1.86. The number of hydrogen-bond donors (Lipinski definition) is 2. The Bertz CT molecular complexity index is 619. The van der Waals surface area contributed by atoms with Crippen molar-refractivity contribution >= 4 is 23.0 Å². The van der Waals surface area contributed by atoms with Gasteiger partial charge in [0.1, 0.15) is 4.99 Å². The van der Waals surface area contributed by atoms with Gasteiger partial charge in [-0.15, -0.1) is 5.10 Å². The quantitative estimate of drug-likeness (QED) is 0.813. The van der Waals surface area contributed by atoms with Gasteiger partial charge < -0.3 is 11.1 Å². The topological polar surface area (TPSA) is 81.7 Å². The van der Waals surface area contributed by atoms with Crippen LogP contribution in [0.5, 0.6) is 0 Å². The molecule has 0 unspecified atom stereocenters. The van der Waals surface area contributed by atoms with Gasteiger partial charge >= 0.3 is 0 Å². The van der Waals surface area contributed by atoms with Gasteiger partial charge in [-0.3, -0.25) is 4.68 Å². The summed E-state index contributed by atoms with van der Waals surface area (Å²) in [5, 5.41) is 15.4. The Hall–Kier alpha value is -2.02. The Morgan fingerprint density at radius 2 is 2.21 bits per heavy atom. The van der Waals surface area contributed by atoms with Crippen LogP contribution in [-0.2, 0) is 13.6 Å². The summed E-state index contributed by atoms with van der Waals surface area (Å²) in [6.45, 7) is 4.62. The third-order valence-corrected chi connectivity index (χ3v) is 3.30. The molecule has 0 spiro atoms. The molecule has 0 amide bonds. The van der Waals surface area contributed by atoms with E-state index in [1.54, 1.807) is 12.3 Å². The highest BCUT2D eigenvalue weighted by Gasteiger charge is 2.11. The Morgan fingerprint density at radius 3 is 2.79 bits per heavy atom. The first-order chi connectivity index (χ1) is 9.00. The van der Waals surface area contributed by atoms with Gasteiger partial charge in [0.15, 0.2) is 5.82 Å². The molecule has 0 bridgehead atoms. The molecule has 6 nitrogen and oxygen atoms in total. The molecule has 19 heavy (non-hydrogen) atoms. The van der Waals surface area contributed by atoms with Gasteiger partial charge in [-0.25, -0.2) is 0 Å². The third-order valence-electron chi connectivity index (χ3n) is 3.08. The molecule has 0 aliphatic carbocycles. The second-order valence-electron chi connectivity index (χ2n) is 4.28. The van der Waals surface area contributed by atoms with Crippen LogP contribution in [0.4, 0.5) is 5.82 Å². The van der Waals surface area contributed by atoms with Crippen LogP contribution in [0, 0.1) is 13.8 Å². The second-order valence-corrected chi connectivity index (χ2v) is 4.72. The smallest absolute Gasteiger partial charge is 0.159 e. The Balaban J connectivity index is 2.22. The Labute approximate surface area is 117 Å². The summed E-state index contributed by atoms with van der Waals surface area (Å²) in [4.78, 5) is 0.303. The fourth-order valence-corrected chi connectivity index (χ4v) is 2.07. The molecule has 0 aliphatic rings. The molecule has 100 valence electrons. The number of nitrogens with one attached hydrogen (secondary N) is 1. The van der Waals surface area contributed by atoms with E-state index >= 15 is 0 Å². The summed E-state index contributed by atoms with van der Waals surface area (Å²) in [5.74, 6) is 0.595. The van der Waals surface area contributed by atoms with Gasteiger partial charge in [-0.2, -0.15) is 10.2 Å². The summed E-state index contributed by atoms with van der Waals surface area (Å²) in [5.41, 5.74) is 9.60. The molecule has 2 aromatic rings. The van der Waals surface area contributed by atoms with Crippen molar-refractivity contribution in [2.75, 3.05) is 5.32 Å². The van der Waals surface area contributed by atoms with E-state index in [-0.39, 0.29) is 0 Å². The zero-order chi connectivity index (χ0) is 14.0. The first kappa shape index (κ1) is 13.4. The molecule has 0 atom stereocenters. The van der Waals surface area contributed by atoms with Gasteiger partial charge in [0.05, 0.1) is 17.5 Å². The van der Waals surface area contributed by atoms with E-state index < -0.39 is 0 Å². The molecule has 0 radical (unpaired) electrons. The maximum atomic E-state index is 5.65. The second kappa shape index (κ2) is 5.31. The summed E-state index contributed by atoms with van der Waals surface area (Å²) in [6.07, 6.45) is 1.57. The number of nitrogens with zero attached hydrogens (tertiary/aromatic N) is 4. The number of anilines is 1. The van der Waals surface area contributed by atoms with Crippen molar-refractivity contribution in [2.24, 2.45) is 12.8 Å². The van der Waals surface area contributed by atoms with E-state index in [0.717, 1.165) is 17.0 Å². The van der Waals surface area contributed by atoms with E-state index in [1.165, 1.54) is 0 Å². The highest BCUT2D eigenvalue weighted by atomic mass is 32.1. The summed E-state index contributed by atoms with van der Waals surface area (Å²) in [7, 11) is 1.93. The molecule has 0 fully saturated rings. The van der Waals surface area contributed by atoms with Crippen molar-refractivity contribution in [1.29, 1.82) is 0 Å². The van der Waals surface area contributed by atoms with E-state index in [1.807, 2.05) is 25.6 Å². The summed E-state index contributed by atoms with van der Waals surface area (Å²) in [6, 6.07) is 1.75. The van der Waals surface area contributed by atoms with Crippen LogP contribution in [0.2, 0.25) is 0 Å². The molecule has 2 rings (SSSR count). The number of aromatic nitrogens is 4. The van der Waals surface area contributed by atoms with Crippen LogP contribution < -0.4 is 11.1 Å². The lowest BCUT2D eigenvalue weighted by Gasteiger charge is -2.09. The van der Waals surface area contributed by atoms with Gasteiger partial charge in [-0.05, 0) is 19.9 Å². The van der Waals surface area contributed by atoms with Gasteiger partial charge in [0.25, 0.3) is 0 Å². The zero-order valence-electron chi connectivity index (χ0n) is 11.1. The lowest BCUT2D eigenvalue weighted by molar-refractivity contribution is 0.730. The molecule has 2 heterocycles. The number of aryl methyl sites for hydroxylation is 2. The lowest BCUT2D eigenvalue weighted by Crippen LogP contribution is -2.15. The van der Waals surface area contributed by atoms with Crippen molar-refractivity contribution in [2.45, 2.75) is 20.4 Å². The van der Waals surface area contributed by atoms with Crippen molar-refractivity contribution < 1.29 is 0 Å². The SMILES string of the molecule is Cc1nn(C)c(C)c1CNc1nnccc1C(N)=S. The largest absolute Gasteiger partial charge is 0.389 e. The minimum Gasteiger partial charge on any atom is -0.389 e. The van der Waals surface area contributed by atoms with E-state index in [9.17, 15) is 0 Å². The first-order valence-electron chi connectivity index (χ1n) is 5.85. The van der Waals surface area contributed by atoms with Gasteiger partial charge in [-0.1, -0.05) is 12.2 Å². The number of nitrogens with two attached hydrogens (primary N) is 1.